The second-order valence-electron chi connectivity index (χ2n) is 9.16. The van der Waals surface area contributed by atoms with Crippen LogP contribution in [0.1, 0.15) is 31.8 Å². The Morgan fingerprint density at radius 1 is 0.919 bits per heavy atom. The SMILES string of the molecule is O=C(N/N=C/c1ccc(N2CCOCC2)cc1)c1ccc(CN2C(=O)c3cccc4cccc2c34)cc1. The summed E-state index contributed by atoms with van der Waals surface area (Å²) < 4.78 is 5.40. The quantitative estimate of drug-likeness (QED) is 0.317. The Labute approximate surface area is 215 Å². The summed E-state index contributed by atoms with van der Waals surface area (Å²) in [6, 6.07) is 27.1. The van der Waals surface area contributed by atoms with Crippen molar-refractivity contribution in [1.29, 1.82) is 0 Å². The van der Waals surface area contributed by atoms with Gasteiger partial charge in [0.05, 0.1) is 31.7 Å². The molecule has 0 aliphatic carbocycles. The van der Waals surface area contributed by atoms with Gasteiger partial charge < -0.3 is 14.5 Å². The highest BCUT2D eigenvalue weighted by Crippen LogP contribution is 2.38. The van der Waals surface area contributed by atoms with Gasteiger partial charge in [-0.3, -0.25) is 9.59 Å². The molecule has 0 unspecified atom stereocenters. The molecule has 7 heteroatoms. The van der Waals surface area contributed by atoms with Crippen LogP contribution in [-0.4, -0.2) is 44.3 Å². The predicted octanol–water partition coefficient (Wildman–Crippen LogP) is 4.60. The molecule has 184 valence electrons. The Morgan fingerprint density at radius 3 is 2.41 bits per heavy atom. The number of nitrogens with one attached hydrogen (secondary N) is 1. The average molecular weight is 491 g/mol. The molecule has 1 N–H and O–H groups in total. The lowest BCUT2D eigenvalue weighted by Gasteiger charge is -2.28. The standard InChI is InChI=1S/C30H26N4O3/c35-29(32-31-19-21-9-13-25(14-10-21)33-15-17-37-18-16-33)24-11-7-22(8-12-24)20-34-27-6-2-4-23-3-1-5-26(28(23)27)30(34)36/h1-14,19H,15-18,20H2,(H,32,35)/b31-19+. The molecule has 0 aromatic heterocycles. The third kappa shape index (κ3) is 4.57. The first-order valence-electron chi connectivity index (χ1n) is 12.4. The van der Waals surface area contributed by atoms with Crippen LogP contribution in [0, 0.1) is 0 Å². The van der Waals surface area contributed by atoms with E-state index in [1.165, 1.54) is 0 Å². The Morgan fingerprint density at radius 2 is 1.65 bits per heavy atom. The first-order valence-corrected chi connectivity index (χ1v) is 12.4. The van der Waals surface area contributed by atoms with Gasteiger partial charge in [-0.1, -0.05) is 48.5 Å². The highest BCUT2D eigenvalue weighted by molar-refractivity contribution is 6.24. The Hall–Kier alpha value is -4.49. The molecule has 1 fully saturated rings. The molecule has 0 atom stereocenters. The summed E-state index contributed by atoms with van der Waals surface area (Å²) in [6.07, 6.45) is 1.63. The molecule has 7 nitrogen and oxygen atoms in total. The molecule has 4 aromatic carbocycles. The van der Waals surface area contributed by atoms with Crippen molar-refractivity contribution < 1.29 is 14.3 Å². The van der Waals surface area contributed by atoms with Gasteiger partial charge in [-0.05, 0) is 52.9 Å². The van der Waals surface area contributed by atoms with Crippen molar-refractivity contribution in [3.63, 3.8) is 0 Å². The van der Waals surface area contributed by atoms with Gasteiger partial charge in [0.15, 0.2) is 0 Å². The van der Waals surface area contributed by atoms with E-state index in [1.807, 2.05) is 60.7 Å². The second kappa shape index (κ2) is 9.87. The largest absolute Gasteiger partial charge is 0.378 e. The van der Waals surface area contributed by atoms with Crippen molar-refractivity contribution in [2.24, 2.45) is 5.10 Å². The normalized spacial score (nSPS) is 15.1. The molecule has 6 rings (SSSR count). The maximum atomic E-state index is 13.0. The molecule has 2 heterocycles. The van der Waals surface area contributed by atoms with E-state index < -0.39 is 0 Å². The summed E-state index contributed by atoms with van der Waals surface area (Å²) in [5.41, 5.74) is 7.75. The lowest BCUT2D eigenvalue weighted by Crippen LogP contribution is -2.36. The Kier molecular flexibility index (Phi) is 6.12. The minimum Gasteiger partial charge on any atom is -0.378 e. The minimum atomic E-state index is -0.290. The number of ether oxygens (including phenoxy) is 1. The van der Waals surface area contributed by atoms with E-state index >= 15 is 0 Å². The summed E-state index contributed by atoms with van der Waals surface area (Å²) in [4.78, 5) is 29.7. The summed E-state index contributed by atoms with van der Waals surface area (Å²) in [5, 5.41) is 6.17. The summed E-state index contributed by atoms with van der Waals surface area (Å²) >= 11 is 0. The lowest BCUT2D eigenvalue weighted by atomic mass is 10.1. The molecule has 0 radical (unpaired) electrons. The Bertz CT molecular complexity index is 1480. The van der Waals surface area contributed by atoms with Crippen molar-refractivity contribution in [2.75, 3.05) is 36.1 Å². The van der Waals surface area contributed by atoms with Crippen molar-refractivity contribution in [3.05, 3.63) is 107 Å². The number of hydrogen-bond acceptors (Lipinski definition) is 5. The fourth-order valence-corrected chi connectivity index (χ4v) is 4.90. The van der Waals surface area contributed by atoms with E-state index in [2.05, 4.69) is 27.6 Å². The zero-order chi connectivity index (χ0) is 25.2. The maximum Gasteiger partial charge on any atom is 0.271 e. The van der Waals surface area contributed by atoms with Gasteiger partial charge in [0.2, 0.25) is 0 Å². The van der Waals surface area contributed by atoms with Crippen molar-refractivity contribution in [3.8, 4) is 0 Å². The number of nitrogens with zero attached hydrogens (tertiary/aromatic N) is 3. The van der Waals surface area contributed by atoms with Gasteiger partial charge in [0, 0.05) is 35.3 Å². The fraction of sp³-hybridized carbons (Fsp3) is 0.167. The minimum absolute atomic E-state index is 0.000865. The van der Waals surface area contributed by atoms with Crippen LogP contribution in [0.5, 0.6) is 0 Å². The number of hydrogen-bond donors (Lipinski definition) is 1. The van der Waals surface area contributed by atoms with E-state index in [9.17, 15) is 9.59 Å². The van der Waals surface area contributed by atoms with E-state index in [-0.39, 0.29) is 11.8 Å². The van der Waals surface area contributed by atoms with Crippen LogP contribution in [0.15, 0.2) is 90.0 Å². The van der Waals surface area contributed by atoms with Crippen LogP contribution in [0.4, 0.5) is 11.4 Å². The van der Waals surface area contributed by atoms with Crippen LogP contribution in [0.3, 0.4) is 0 Å². The van der Waals surface area contributed by atoms with Crippen LogP contribution >= 0.6 is 0 Å². The molecule has 2 amide bonds. The van der Waals surface area contributed by atoms with Crippen LogP contribution in [0.25, 0.3) is 10.8 Å². The first-order chi connectivity index (χ1) is 18.2. The molecule has 4 aromatic rings. The number of benzene rings is 4. The van der Waals surface area contributed by atoms with Crippen molar-refractivity contribution in [1.82, 2.24) is 5.43 Å². The van der Waals surface area contributed by atoms with Gasteiger partial charge in [0.1, 0.15) is 0 Å². The molecule has 2 aliphatic rings. The number of carbonyl (C=O) groups is 2. The zero-order valence-corrected chi connectivity index (χ0v) is 20.3. The van der Waals surface area contributed by atoms with E-state index in [1.54, 1.807) is 23.2 Å². The molecular weight excluding hydrogens is 464 g/mol. The van der Waals surface area contributed by atoms with E-state index in [0.717, 1.165) is 65.1 Å². The third-order valence-electron chi connectivity index (χ3n) is 6.85. The lowest BCUT2D eigenvalue weighted by molar-refractivity contribution is 0.0953. The number of rotatable bonds is 6. The molecule has 2 aliphatic heterocycles. The van der Waals surface area contributed by atoms with Gasteiger partial charge in [-0.25, -0.2) is 5.43 Å². The number of carbonyl (C=O) groups excluding carboxylic acids is 2. The molecule has 0 bridgehead atoms. The smallest absolute Gasteiger partial charge is 0.271 e. The number of morpholine rings is 1. The molecule has 1 saturated heterocycles. The second-order valence-corrected chi connectivity index (χ2v) is 9.16. The first kappa shape index (κ1) is 22.9. The number of anilines is 2. The van der Waals surface area contributed by atoms with Gasteiger partial charge in [0.25, 0.3) is 11.8 Å². The van der Waals surface area contributed by atoms with E-state index in [4.69, 9.17) is 4.74 Å². The van der Waals surface area contributed by atoms with Gasteiger partial charge in [-0.2, -0.15) is 5.10 Å². The Balaban J connectivity index is 1.07. The molecule has 37 heavy (non-hydrogen) atoms. The third-order valence-corrected chi connectivity index (χ3v) is 6.85. The summed E-state index contributed by atoms with van der Waals surface area (Å²) in [7, 11) is 0. The summed E-state index contributed by atoms with van der Waals surface area (Å²) in [6.45, 7) is 3.71. The molecular formula is C30H26N4O3. The number of hydrazone groups is 1. The summed E-state index contributed by atoms with van der Waals surface area (Å²) in [5.74, 6) is -0.289. The van der Waals surface area contributed by atoms with E-state index in [0.29, 0.717) is 12.1 Å². The highest BCUT2D eigenvalue weighted by Gasteiger charge is 2.29. The van der Waals surface area contributed by atoms with Crippen LogP contribution in [-0.2, 0) is 11.3 Å². The van der Waals surface area contributed by atoms with Gasteiger partial charge >= 0.3 is 0 Å². The molecule has 0 spiro atoms. The average Bonchev–Trinajstić information content (AvgIpc) is 3.22. The molecule has 0 saturated carbocycles. The van der Waals surface area contributed by atoms with Crippen LogP contribution in [0.2, 0.25) is 0 Å². The number of amides is 2. The van der Waals surface area contributed by atoms with Crippen LogP contribution < -0.4 is 15.2 Å². The maximum absolute atomic E-state index is 13.0. The van der Waals surface area contributed by atoms with Gasteiger partial charge in [-0.15, -0.1) is 0 Å². The van der Waals surface area contributed by atoms with Crippen molar-refractivity contribution >= 4 is 40.2 Å². The van der Waals surface area contributed by atoms with Crippen molar-refractivity contribution in [2.45, 2.75) is 6.54 Å². The topological polar surface area (TPSA) is 74.2 Å². The monoisotopic (exact) mass is 490 g/mol. The zero-order valence-electron chi connectivity index (χ0n) is 20.3. The predicted molar refractivity (Wildman–Crippen MR) is 145 cm³/mol. The fourth-order valence-electron chi connectivity index (χ4n) is 4.90. The highest BCUT2D eigenvalue weighted by atomic mass is 16.5.